The number of hydrogen-bond donors (Lipinski definition) is 2. The molecule has 0 unspecified atom stereocenters. The SMILES string of the molecule is CCCC(=O)N[C@@H](Cc1c[nH]c2ccccc12)C(=O)N1CCCCC1. The Kier molecular flexibility index (Phi) is 5.74. The molecule has 0 aliphatic carbocycles. The second-order valence-corrected chi connectivity index (χ2v) is 6.82. The topological polar surface area (TPSA) is 65.2 Å². The van der Waals surface area contributed by atoms with E-state index >= 15 is 0 Å². The molecule has 0 saturated carbocycles. The van der Waals surface area contributed by atoms with Crippen LogP contribution in [-0.2, 0) is 16.0 Å². The maximum Gasteiger partial charge on any atom is 0.245 e. The van der Waals surface area contributed by atoms with Crippen LogP contribution in [0.5, 0.6) is 0 Å². The maximum absolute atomic E-state index is 13.0. The number of carbonyl (C=O) groups is 2. The first-order valence-electron chi connectivity index (χ1n) is 9.32. The van der Waals surface area contributed by atoms with Crippen molar-refractivity contribution in [3.05, 3.63) is 36.0 Å². The van der Waals surface area contributed by atoms with Crippen molar-refractivity contribution in [1.29, 1.82) is 0 Å². The first kappa shape index (κ1) is 17.5. The van der Waals surface area contributed by atoms with Crippen LogP contribution < -0.4 is 5.32 Å². The van der Waals surface area contributed by atoms with Gasteiger partial charge in [-0.15, -0.1) is 0 Å². The van der Waals surface area contributed by atoms with Gasteiger partial charge < -0.3 is 15.2 Å². The number of H-pyrrole nitrogens is 1. The normalized spacial score (nSPS) is 16.0. The molecule has 134 valence electrons. The predicted octanol–water partition coefficient (Wildman–Crippen LogP) is 3.01. The van der Waals surface area contributed by atoms with Crippen LogP contribution in [0.1, 0.15) is 44.6 Å². The van der Waals surface area contributed by atoms with E-state index in [2.05, 4.69) is 16.4 Å². The Hall–Kier alpha value is -2.30. The molecule has 5 heteroatoms. The third-order valence-electron chi connectivity index (χ3n) is 4.88. The Morgan fingerprint density at radius 1 is 1.20 bits per heavy atom. The van der Waals surface area contributed by atoms with Gasteiger partial charge >= 0.3 is 0 Å². The van der Waals surface area contributed by atoms with E-state index in [-0.39, 0.29) is 11.8 Å². The fourth-order valence-electron chi connectivity index (χ4n) is 3.55. The molecule has 2 amide bonds. The summed E-state index contributed by atoms with van der Waals surface area (Å²) < 4.78 is 0. The minimum atomic E-state index is -0.489. The molecule has 1 atom stereocenters. The maximum atomic E-state index is 13.0. The van der Waals surface area contributed by atoms with Crippen LogP contribution in [0.4, 0.5) is 0 Å². The van der Waals surface area contributed by atoms with E-state index < -0.39 is 6.04 Å². The van der Waals surface area contributed by atoms with E-state index in [1.54, 1.807) is 0 Å². The van der Waals surface area contributed by atoms with Crippen molar-refractivity contribution in [3.8, 4) is 0 Å². The van der Waals surface area contributed by atoms with Crippen molar-refractivity contribution in [2.24, 2.45) is 0 Å². The number of aromatic nitrogens is 1. The van der Waals surface area contributed by atoms with Crippen LogP contribution in [0.15, 0.2) is 30.5 Å². The average Bonchev–Trinajstić information content (AvgIpc) is 3.04. The number of fused-ring (bicyclic) bond motifs is 1. The highest BCUT2D eigenvalue weighted by molar-refractivity contribution is 5.89. The Labute approximate surface area is 148 Å². The quantitative estimate of drug-likeness (QED) is 0.848. The molecule has 2 aromatic rings. The molecule has 3 rings (SSSR count). The Balaban J connectivity index is 1.79. The van der Waals surface area contributed by atoms with Crippen molar-refractivity contribution in [2.75, 3.05) is 13.1 Å². The molecule has 1 aliphatic heterocycles. The minimum Gasteiger partial charge on any atom is -0.361 e. The summed E-state index contributed by atoms with van der Waals surface area (Å²) >= 11 is 0. The van der Waals surface area contributed by atoms with Crippen LogP contribution in [0, 0.1) is 0 Å². The van der Waals surface area contributed by atoms with Crippen LogP contribution in [0.3, 0.4) is 0 Å². The number of benzene rings is 1. The standard InChI is InChI=1S/C20H27N3O2/c1-2-8-19(24)22-18(20(25)23-11-6-3-7-12-23)13-15-14-21-17-10-5-4-9-16(15)17/h4-5,9-10,14,18,21H,2-3,6-8,11-13H2,1H3,(H,22,24)/t18-/m0/s1. The third kappa shape index (κ3) is 4.21. The molecule has 1 aliphatic rings. The fourth-order valence-corrected chi connectivity index (χ4v) is 3.55. The van der Waals surface area contributed by atoms with Gasteiger partial charge in [0.1, 0.15) is 6.04 Å². The van der Waals surface area contributed by atoms with E-state index in [9.17, 15) is 9.59 Å². The molecule has 0 spiro atoms. The third-order valence-corrected chi connectivity index (χ3v) is 4.88. The Morgan fingerprint density at radius 2 is 1.96 bits per heavy atom. The summed E-state index contributed by atoms with van der Waals surface area (Å²) in [4.78, 5) is 30.3. The Morgan fingerprint density at radius 3 is 2.72 bits per heavy atom. The van der Waals surface area contributed by atoms with Gasteiger partial charge in [-0.25, -0.2) is 0 Å². The predicted molar refractivity (Wildman–Crippen MR) is 99.3 cm³/mol. The lowest BCUT2D eigenvalue weighted by atomic mass is 10.0. The summed E-state index contributed by atoms with van der Waals surface area (Å²) in [6.45, 7) is 3.57. The van der Waals surface area contributed by atoms with Crippen LogP contribution in [-0.4, -0.2) is 40.8 Å². The van der Waals surface area contributed by atoms with Crippen LogP contribution in [0.2, 0.25) is 0 Å². The monoisotopic (exact) mass is 341 g/mol. The van der Waals surface area contributed by atoms with Gasteiger partial charge in [-0.3, -0.25) is 9.59 Å². The van der Waals surface area contributed by atoms with Gasteiger partial charge in [0.05, 0.1) is 0 Å². The first-order valence-corrected chi connectivity index (χ1v) is 9.32. The molecule has 1 aromatic heterocycles. The number of rotatable bonds is 6. The number of nitrogens with one attached hydrogen (secondary N) is 2. The van der Waals surface area contributed by atoms with Gasteiger partial charge in [0.25, 0.3) is 0 Å². The summed E-state index contributed by atoms with van der Waals surface area (Å²) in [5.41, 5.74) is 2.13. The van der Waals surface area contributed by atoms with Gasteiger partial charge in [0, 0.05) is 43.0 Å². The molecule has 5 nitrogen and oxygen atoms in total. The van der Waals surface area contributed by atoms with E-state index in [1.807, 2.05) is 36.2 Å². The molecule has 0 bridgehead atoms. The minimum absolute atomic E-state index is 0.0438. The fraction of sp³-hybridized carbons (Fsp3) is 0.500. The summed E-state index contributed by atoms with van der Waals surface area (Å²) in [6.07, 6.45) is 6.99. The lowest BCUT2D eigenvalue weighted by molar-refractivity contribution is -0.137. The van der Waals surface area contributed by atoms with Crippen molar-refractivity contribution < 1.29 is 9.59 Å². The molecule has 1 saturated heterocycles. The smallest absolute Gasteiger partial charge is 0.245 e. The molecule has 1 aromatic carbocycles. The number of carbonyl (C=O) groups excluding carboxylic acids is 2. The number of amides is 2. The van der Waals surface area contributed by atoms with Gasteiger partial charge in [-0.05, 0) is 37.3 Å². The number of aromatic amines is 1. The van der Waals surface area contributed by atoms with Gasteiger partial charge in [0.2, 0.25) is 11.8 Å². The zero-order valence-corrected chi connectivity index (χ0v) is 14.9. The van der Waals surface area contributed by atoms with Crippen molar-refractivity contribution in [3.63, 3.8) is 0 Å². The number of piperidine rings is 1. The van der Waals surface area contributed by atoms with Crippen molar-refractivity contribution in [1.82, 2.24) is 15.2 Å². The Bertz CT molecular complexity index is 731. The molecular weight excluding hydrogens is 314 g/mol. The summed E-state index contributed by atoms with van der Waals surface area (Å²) in [5, 5.41) is 4.09. The van der Waals surface area contributed by atoms with E-state index in [1.165, 1.54) is 6.42 Å². The lowest BCUT2D eigenvalue weighted by Crippen LogP contribution is -2.51. The number of likely N-dealkylation sites (tertiary alicyclic amines) is 1. The summed E-state index contributed by atoms with van der Waals surface area (Å²) in [6, 6.07) is 7.57. The number of hydrogen-bond acceptors (Lipinski definition) is 2. The van der Waals surface area contributed by atoms with Crippen molar-refractivity contribution in [2.45, 2.75) is 51.5 Å². The summed E-state index contributed by atoms with van der Waals surface area (Å²) in [5.74, 6) is 0.00661. The summed E-state index contributed by atoms with van der Waals surface area (Å²) in [7, 11) is 0. The van der Waals surface area contributed by atoms with Crippen molar-refractivity contribution >= 4 is 22.7 Å². The molecule has 1 fully saturated rings. The molecule has 2 N–H and O–H groups in total. The second kappa shape index (κ2) is 8.19. The zero-order chi connectivity index (χ0) is 17.6. The average molecular weight is 341 g/mol. The molecular formula is C20H27N3O2. The lowest BCUT2D eigenvalue weighted by Gasteiger charge is -2.30. The number of nitrogens with zero attached hydrogens (tertiary/aromatic N) is 1. The zero-order valence-electron chi connectivity index (χ0n) is 14.9. The molecule has 2 heterocycles. The first-order chi connectivity index (χ1) is 12.2. The van der Waals surface area contributed by atoms with Gasteiger partial charge in [-0.1, -0.05) is 25.1 Å². The highest BCUT2D eigenvalue weighted by Crippen LogP contribution is 2.20. The molecule has 0 radical (unpaired) electrons. The van der Waals surface area contributed by atoms with E-state index in [0.717, 1.165) is 48.8 Å². The second-order valence-electron chi connectivity index (χ2n) is 6.82. The van der Waals surface area contributed by atoms with E-state index in [0.29, 0.717) is 12.8 Å². The van der Waals surface area contributed by atoms with Gasteiger partial charge in [0.15, 0.2) is 0 Å². The van der Waals surface area contributed by atoms with E-state index in [4.69, 9.17) is 0 Å². The highest BCUT2D eigenvalue weighted by Gasteiger charge is 2.27. The van der Waals surface area contributed by atoms with Crippen LogP contribution >= 0.6 is 0 Å². The van der Waals surface area contributed by atoms with Gasteiger partial charge in [-0.2, -0.15) is 0 Å². The highest BCUT2D eigenvalue weighted by atomic mass is 16.2. The molecule has 25 heavy (non-hydrogen) atoms. The number of para-hydroxylation sites is 1. The van der Waals surface area contributed by atoms with Crippen LogP contribution in [0.25, 0.3) is 10.9 Å². The largest absolute Gasteiger partial charge is 0.361 e.